The molecule has 0 aliphatic rings. The fourth-order valence-corrected chi connectivity index (χ4v) is 1.78. The van der Waals surface area contributed by atoms with Gasteiger partial charge in [0.15, 0.2) is 0 Å². The van der Waals surface area contributed by atoms with Crippen molar-refractivity contribution < 1.29 is 15.0 Å². The molecular formula is C15H15NO3. The minimum Gasteiger partial charge on any atom is -0.508 e. The zero-order valence-electron chi connectivity index (χ0n) is 10.3. The van der Waals surface area contributed by atoms with Crippen LogP contribution in [0.3, 0.4) is 0 Å². The molecule has 0 unspecified atom stereocenters. The molecule has 0 fully saturated rings. The number of hydrogen-bond acceptors (Lipinski definition) is 3. The number of aromatic carboxylic acids is 1. The topological polar surface area (TPSA) is 69.6 Å². The van der Waals surface area contributed by atoms with Crippen molar-refractivity contribution in [2.75, 3.05) is 0 Å². The van der Waals surface area contributed by atoms with Gasteiger partial charge in [0.1, 0.15) is 5.75 Å². The van der Waals surface area contributed by atoms with Gasteiger partial charge in [-0.3, -0.25) is 0 Å². The molecule has 2 rings (SSSR count). The summed E-state index contributed by atoms with van der Waals surface area (Å²) >= 11 is 0. The van der Waals surface area contributed by atoms with Crippen molar-refractivity contribution in [1.82, 2.24) is 5.32 Å². The molecule has 0 radical (unpaired) electrons. The van der Waals surface area contributed by atoms with Gasteiger partial charge in [-0.15, -0.1) is 0 Å². The zero-order chi connectivity index (χ0) is 13.7. The van der Waals surface area contributed by atoms with E-state index >= 15 is 0 Å². The summed E-state index contributed by atoms with van der Waals surface area (Å²) in [5, 5.41) is 21.3. The molecule has 98 valence electrons. The molecule has 0 spiro atoms. The lowest BCUT2D eigenvalue weighted by molar-refractivity contribution is 0.0696. The zero-order valence-corrected chi connectivity index (χ0v) is 10.3. The molecule has 0 aromatic heterocycles. The highest BCUT2D eigenvalue weighted by molar-refractivity contribution is 5.87. The Kier molecular flexibility index (Phi) is 4.15. The van der Waals surface area contributed by atoms with Gasteiger partial charge in [-0.2, -0.15) is 0 Å². The van der Waals surface area contributed by atoms with Gasteiger partial charge in [-0.25, -0.2) is 4.79 Å². The number of rotatable bonds is 5. The Hall–Kier alpha value is -2.33. The molecule has 0 aliphatic heterocycles. The van der Waals surface area contributed by atoms with Gasteiger partial charge in [-0.1, -0.05) is 24.3 Å². The van der Waals surface area contributed by atoms with Gasteiger partial charge in [0.25, 0.3) is 0 Å². The van der Waals surface area contributed by atoms with Crippen molar-refractivity contribution >= 4 is 5.97 Å². The van der Waals surface area contributed by atoms with Crippen molar-refractivity contribution in [2.24, 2.45) is 0 Å². The predicted molar refractivity (Wildman–Crippen MR) is 72.1 cm³/mol. The number of carboxylic acids is 1. The SMILES string of the molecule is O=C(O)c1cccc(CNCc2ccc(O)cc2)c1. The largest absolute Gasteiger partial charge is 0.508 e. The third kappa shape index (κ3) is 3.82. The van der Waals surface area contributed by atoms with Gasteiger partial charge < -0.3 is 15.5 Å². The first-order chi connectivity index (χ1) is 9.15. The number of nitrogens with one attached hydrogen (secondary N) is 1. The van der Waals surface area contributed by atoms with E-state index in [4.69, 9.17) is 10.2 Å². The number of phenols is 1. The summed E-state index contributed by atoms with van der Waals surface area (Å²) in [6.45, 7) is 1.26. The Morgan fingerprint density at radius 3 is 2.37 bits per heavy atom. The first-order valence-electron chi connectivity index (χ1n) is 5.96. The molecular weight excluding hydrogens is 242 g/mol. The number of phenolic OH excluding ortho intramolecular Hbond substituents is 1. The second kappa shape index (κ2) is 6.02. The number of carbonyl (C=O) groups is 1. The molecule has 0 atom stereocenters. The van der Waals surface area contributed by atoms with E-state index in [9.17, 15) is 4.79 Å². The maximum atomic E-state index is 10.8. The highest BCUT2D eigenvalue weighted by Gasteiger charge is 2.02. The Morgan fingerprint density at radius 2 is 1.68 bits per heavy atom. The van der Waals surface area contributed by atoms with Crippen LogP contribution in [0.5, 0.6) is 5.75 Å². The van der Waals surface area contributed by atoms with E-state index in [1.54, 1.807) is 30.3 Å². The second-order valence-electron chi connectivity index (χ2n) is 4.28. The number of benzene rings is 2. The molecule has 0 saturated heterocycles. The highest BCUT2D eigenvalue weighted by atomic mass is 16.4. The molecule has 0 heterocycles. The van der Waals surface area contributed by atoms with Crippen LogP contribution in [-0.2, 0) is 13.1 Å². The monoisotopic (exact) mass is 257 g/mol. The molecule has 4 nitrogen and oxygen atoms in total. The van der Waals surface area contributed by atoms with Crippen molar-refractivity contribution in [3.8, 4) is 5.75 Å². The van der Waals surface area contributed by atoms with Crippen LogP contribution in [0, 0.1) is 0 Å². The summed E-state index contributed by atoms with van der Waals surface area (Å²) in [7, 11) is 0. The van der Waals surface area contributed by atoms with E-state index in [-0.39, 0.29) is 5.75 Å². The van der Waals surface area contributed by atoms with E-state index in [1.807, 2.05) is 18.2 Å². The van der Waals surface area contributed by atoms with Crippen LogP contribution in [0.15, 0.2) is 48.5 Å². The van der Waals surface area contributed by atoms with Crippen molar-refractivity contribution in [3.05, 3.63) is 65.2 Å². The lowest BCUT2D eigenvalue weighted by Gasteiger charge is -2.06. The first kappa shape index (κ1) is 13.1. The molecule has 19 heavy (non-hydrogen) atoms. The van der Waals surface area contributed by atoms with Crippen molar-refractivity contribution in [2.45, 2.75) is 13.1 Å². The predicted octanol–water partition coefficient (Wildman–Crippen LogP) is 2.38. The molecule has 4 heteroatoms. The summed E-state index contributed by atoms with van der Waals surface area (Å²) in [6.07, 6.45) is 0. The van der Waals surface area contributed by atoms with E-state index < -0.39 is 5.97 Å². The van der Waals surface area contributed by atoms with Gasteiger partial charge in [0, 0.05) is 13.1 Å². The van der Waals surface area contributed by atoms with Gasteiger partial charge >= 0.3 is 5.97 Å². The average molecular weight is 257 g/mol. The molecule has 0 amide bonds. The minimum atomic E-state index is -0.916. The summed E-state index contributed by atoms with van der Waals surface area (Å²) in [4.78, 5) is 10.8. The molecule has 0 aliphatic carbocycles. The third-order valence-electron chi connectivity index (χ3n) is 2.77. The summed E-state index contributed by atoms with van der Waals surface area (Å²) in [5.74, 6) is -0.668. The maximum Gasteiger partial charge on any atom is 0.335 e. The van der Waals surface area contributed by atoms with Crippen LogP contribution in [0.1, 0.15) is 21.5 Å². The molecule has 0 bridgehead atoms. The first-order valence-corrected chi connectivity index (χ1v) is 5.96. The van der Waals surface area contributed by atoms with Crippen LogP contribution < -0.4 is 5.32 Å². The highest BCUT2D eigenvalue weighted by Crippen LogP contribution is 2.10. The fourth-order valence-electron chi connectivity index (χ4n) is 1.78. The lowest BCUT2D eigenvalue weighted by atomic mass is 10.1. The van der Waals surface area contributed by atoms with Crippen molar-refractivity contribution in [3.63, 3.8) is 0 Å². The third-order valence-corrected chi connectivity index (χ3v) is 2.77. The lowest BCUT2D eigenvalue weighted by Crippen LogP contribution is -2.13. The summed E-state index contributed by atoms with van der Waals surface area (Å²) in [6, 6.07) is 13.8. The second-order valence-corrected chi connectivity index (χ2v) is 4.28. The Balaban J connectivity index is 1.90. The van der Waals surface area contributed by atoms with Gasteiger partial charge in [-0.05, 0) is 35.4 Å². The van der Waals surface area contributed by atoms with E-state index in [2.05, 4.69) is 5.32 Å². The Morgan fingerprint density at radius 1 is 1.00 bits per heavy atom. The molecule has 3 N–H and O–H groups in total. The van der Waals surface area contributed by atoms with Gasteiger partial charge in [0.05, 0.1) is 5.56 Å². The molecule has 2 aromatic rings. The summed E-state index contributed by atoms with van der Waals surface area (Å²) in [5.41, 5.74) is 2.29. The number of carboxylic acid groups (broad SMARTS) is 1. The van der Waals surface area contributed by atoms with Crippen LogP contribution in [0.2, 0.25) is 0 Å². The minimum absolute atomic E-state index is 0.248. The van der Waals surface area contributed by atoms with Gasteiger partial charge in [0.2, 0.25) is 0 Å². The Labute approximate surface area is 111 Å². The van der Waals surface area contributed by atoms with Crippen LogP contribution >= 0.6 is 0 Å². The summed E-state index contributed by atoms with van der Waals surface area (Å²) < 4.78 is 0. The Bertz CT molecular complexity index is 564. The van der Waals surface area contributed by atoms with Crippen LogP contribution in [0.4, 0.5) is 0 Å². The quantitative estimate of drug-likeness (QED) is 0.769. The number of aromatic hydroxyl groups is 1. The standard InChI is InChI=1S/C15H15NO3/c17-14-6-4-11(5-7-14)9-16-10-12-2-1-3-13(8-12)15(18)19/h1-8,16-17H,9-10H2,(H,18,19). The van der Waals surface area contributed by atoms with E-state index in [0.29, 0.717) is 18.7 Å². The molecule has 0 saturated carbocycles. The van der Waals surface area contributed by atoms with E-state index in [0.717, 1.165) is 11.1 Å². The van der Waals surface area contributed by atoms with Crippen molar-refractivity contribution in [1.29, 1.82) is 0 Å². The average Bonchev–Trinajstić information content (AvgIpc) is 2.41. The molecule has 2 aromatic carbocycles. The normalized spacial score (nSPS) is 10.3. The maximum absolute atomic E-state index is 10.8. The number of hydrogen-bond donors (Lipinski definition) is 3. The van der Waals surface area contributed by atoms with E-state index in [1.165, 1.54) is 0 Å². The fraction of sp³-hybridized carbons (Fsp3) is 0.133. The van der Waals surface area contributed by atoms with Crippen LogP contribution in [-0.4, -0.2) is 16.2 Å². The smallest absolute Gasteiger partial charge is 0.335 e. The van der Waals surface area contributed by atoms with Crippen LogP contribution in [0.25, 0.3) is 0 Å².